The van der Waals surface area contributed by atoms with Crippen molar-refractivity contribution in [1.82, 2.24) is 10.2 Å². The Morgan fingerprint density at radius 2 is 2.14 bits per heavy atom. The Morgan fingerprint density at radius 1 is 1.50 bits per heavy atom. The van der Waals surface area contributed by atoms with Crippen LogP contribution < -0.4 is 5.32 Å². The molecular weight excluding hydrogens is 180 g/mol. The van der Waals surface area contributed by atoms with E-state index in [0.29, 0.717) is 13.2 Å². The SMILES string of the molecule is CC(C)NC(=O)N1CC(C)OCC1C. The van der Waals surface area contributed by atoms with Crippen molar-refractivity contribution in [2.75, 3.05) is 13.2 Å². The molecule has 0 radical (unpaired) electrons. The molecule has 1 saturated heterocycles. The van der Waals surface area contributed by atoms with Gasteiger partial charge in [-0.2, -0.15) is 0 Å². The Balaban J connectivity index is 2.51. The first-order chi connectivity index (χ1) is 6.50. The third-order valence-electron chi connectivity index (χ3n) is 2.28. The van der Waals surface area contributed by atoms with E-state index >= 15 is 0 Å². The maximum absolute atomic E-state index is 11.7. The van der Waals surface area contributed by atoms with Gasteiger partial charge in [-0.3, -0.25) is 0 Å². The average molecular weight is 200 g/mol. The number of carbonyl (C=O) groups is 1. The molecule has 0 aliphatic carbocycles. The molecule has 1 heterocycles. The highest BCUT2D eigenvalue weighted by molar-refractivity contribution is 5.74. The number of carbonyl (C=O) groups excluding carboxylic acids is 1. The first-order valence-electron chi connectivity index (χ1n) is 5.19. The molecule has 14 heavy (non-hydrogen) atoms. The van der Waals surface area contributed by atoms with Crippen molar-refractivity contribution in [3.8, 4) is 0 Å². The normalized spacial score (nSPS) is 27.9. The molecule has 0 saturated carbocycles. The number of nitrogens with one attached hydrogen (secondary N) is 1. The van der Waals surface area contributed by atoms with Gasteiger partial charge in [0.05, 0.1) is 18.8 Å². The van der Waals surface area contributed by atoms with Gasteiger partial charge < -0.3 is 15.0 Å². The van der Waals surface area contributed by atoms with Crippen LogP contribution in [0.3, 0.4) is 0 Å². The number of urea groups is 1. The molecule has 1 fully saturated rings. The second-order valence-electron chi connectivity index (χ2n) is 4.25. The lowest BCUT2D eigenvalue weighted by atomic mass is 10.2. The topological polar surface area (TPSA) is 41.6 Å². The highest BCUT2D eigenvalue weighted by atomic mass is 16.5. The van der Waals surface area contributed by atoms with Crippen molar-refractivity contribution in [3.05, 3.63) is 0 Å². The molecule has 4 heteroatoms. The summed E-state index contributed by atoms with van der Waals surface area (Å²) in [5.74, 6) is 0. The molecule has 2 atom stereocenters. The Bertz CT molecular complexity index is 206. The Hall–Kier alpha value is -0.770. The third kappa shape index (κ3) is 2.87. The summed E-state index contributed by atoms with van der Waals surface area (Å²) < 4.78 is 5.45. The summed E-state index contributed by atoms with van der Waals surface area (Å²) in [6.07, 6.45) is 0.143. The zero-order chi connectivity index (χ0) is 10.7. The monoisotopic (exact) mass is 200 g/mol. The minimum atomic E-state index is 0.0163. The first-order valence-corrected chi connectivity index (χ1v) is 5.19. The Morgan fingerprint density at radius 3 is 2.71 bits per heavy atom. The van der Waals surface area contributed by atoms with Crippen LogP contribution >= 0.6 is 0 Å². The second-order valence-corrected chi connectivity index (χ2v) is 4.25. The molecule has 0 aromatic carbocycles. The number of nitrogens with zero attached hydrogens (tertiary/aromatic N) is 1. The molecule has 1 N–H and O–H groups in total. The number of amides is 2. The molecule has 82 valence electrons. The predicted octanol–water partition coefficient (Wildman–Crippen LogP) is 1.21. The van der Waals surface area contributed by atoms with Gasteiger partial charge >= 0.3 is 6.03 Å². The fourth-order valence-electron chi connectivity index (χ4n) is 1.52. The fourth-order valence-corrected chi connectivity index (χ4v) is 1.52. The molecule has 0 spiro atoms. The van der Waals surface area contributed by atoms with Crippen molar-refractivity contribution in [3.63, 3.8) is 0 Å². The van der Waals surface area contributed by atoms with Gasteiger partial charge in [0, 0.05) is 12.6 Å². The van der Waals surface area contributed by atoms with Gasteiger partial charge in [-0.25, -0.2) is 4.79 Å². The van der Waals surface area contributed by atoms with Crippen molar-refractivity contribution >= 4 is 6.03 Å². The quantitative estimate of drug-likeness (QED) is 0.691. The second kappa shape index (κ2) is 4.64. The summed E-state index contributed by atoms with van der Waals surface area (Å²) in [5, 5.41) is 2.89. The van der Waals surface area contributed by atoms with Crippen LogP contribution in [0.25, 0.3) is 0 Å². The van der Waals surface area contributed by atoms with Gasteiger partial charge in [0.25, 0.3) is 0 Å². The van der Waals surface area contributed by atoms with Gasteiger partial charge in [-0.1, -0.05) is 0 Å². The van der Waals surface area contributed by atoms with E-state index in [0.717, 1.165) is 0 Å². The summed E-state index contributed by atoms with van der Waals surface area (Å²) in [6, 6.07) is 0.375. The van der Waals surface area contributed by atoms with E-state index in [9.17, 15) is 4.79 Å². The summed E-state index contributed by atoms with van der Waals surface area (Å²) in [4.78, 5) is 13.6. The molecule has 2 amide bonds. The van der Waals surface area contributed by atoms with Crippen molar-refractivity contribution < 1.29 is 9.53 Å². The highest BCUT2D eigenvalue weighted by Crippen LogP contribution is 2.11. The highest BCUT2D eigenvalue weighted by Gasteiger charge is 2.27. The van der Waals surface area contributed by atoms with Crippen LogP contribution in [-0.2, 0) is 4.74 Å². The number of hydrogen-bond donors (Lipinski definition) is 1. The number of morpholine rings is 1. The summed E-state index contributed by atoms with van der Waals surface area (Å²) >= 11 is 0. The van der Waals surface area contributed by atoms with Crippen molar-refractivity contribution in [2.24, 2.45) is 0 Å². The van der Waals surface area contributed by atoms with Crippen molar-refractivity contribution in [1.29, 1.82) is 0 Å². The Kier molecular flexibility index (Phi) is 3.75. The van der Waals surface area contributed by atoms with E-state index < -0.39 is 0 Å². The number of hydrogen-bond acceptors (Lipinski definition) is 2. The first kappa shape index (κ1) is 11.3. The maximum atomic E-state index is 11.7. The largest absolute Gasteiger partial charge is 0.375 e. The van der Waals surface area contributed by atoms with Gasteiger partial charge in [-0.05, 0) is 27.7 Å². The summed E-state index contributed by atoms with van der Waals surface area (Å²) in [6.45, 7) is 9.23. The maximum Gasteiger partial charge on any atom is 0.318 e. The smallest absolute Gasteiger partial charge is 0.318 e. The van der Waals surface area contributed by atoms with Crippen LogP contribution in [0.15, 0.2) is 0 Å². The van der Waals surface area contributed by atoms with Crippen molar-refractivity contribution in [2.45, 2.75) is 45.9 Å². The Labute approximate surface area is 85.6 Å². The zero-order valence-corrected chi connectivity index (χ0v) is 9.41. The zero-order valence-electron chi connectivity index (χ0n) is 9.41. The number of rotatable bonds is 1. The van der Waals surface area contributed by atoms with E-state index in [-0.39, 0.29) is 24.2 Å². The number of ether oxygens (including phenoxy) is 1. The molecule has 1 aliphatic heterocycles. The molecule has 4 nitrogen and oxygen atoms in total. The lowest BCUT2D eigenvalue weighted by Crippen LogP contribution is -2.54. The van der Waals surface area contributed by atoms with Gasteiger partial charge in [0.2, 0.25) is 0 Å². The predicted molar refractivity (Wildman–Crippen MR) is 55.2 cm³/mol. The molecule has 0 aromatic rings. The van der Waals surface area contributed by atoms with Crippen LogP contribution in [-0.4, -0.2) is 42.3 Å². The van der Waals surface area contributed by atoms with Crippen LogP contribution in [0.1, 0.15) is 27.7 Å². The summed E-state index contributed by atoms with van der Waals surface area (Å²) in [5.41, 5.74) is 0. The average Bonchev–Trinajstić information content (AvgIpc) is 2.08. The summed E-state index contributed by atoms with van der Waals surface area (Å²) in [7, 11) is 0. The van der Waals surface area contributed by atoms with Gasteiger partial charge in [0.15, 0.2) is 0 Å². The van der Waals surface area contributed by atoms with Crippen LogP contribution in [0.5, 0.6) is 0 Å². The van der Waals surface area contributed by atoms with Gasteiger partial charge in [0.1, 0.15) is 0 Å². The lowest BCUT2D eigenvalue weighted by molar-refractivity contribution is -0.0320. The van der Waals surface area contributed by atoms with Crippen LogP contribution in [0, 0.1) is 0 Å². The van der Waals surface area contributed by atoms with E-state index in [2.05, 4.69) is 5.32 Å². The van der Waals surface area contributed by atoms with E-state index in [1.165, 1.54) is 0 Å². The van der Waals surface area contributed by atoms with Crippen LogP contribution in [0.2, 0.25) is 0 Å². The van der Waals surface area contributed by atoms with E-state index in [1.54, 1.807) is 0 Å². The molecular formula is C10H20N2O2. The van der Waals surface area contributed by atoms with E-state index in [4.69, 9.17) is 4.74 Å². The molecule has 0 aromatic heterocycles. The van der Waals surface area contributed by atoms with E-state index in [1.807, 2.05) is 32.6 Å². The third-order valence-corrected chi connectivity index (χ3v) is 2.28. The molecule has 0 bridgehead atoms. The fraction of sp³-hybridized carbons (Fsp3) is 0.900. The minimum Gasteiger partial charge on any atom is -0.375 e. The molecule has 1 rings (SSSR count). The van der Waals surface area contributed by atoms with Gasteiger partial charge in [-0.15, -0.1) is 0 Å². The minimum absolute atomic E-state index is 0.0163. The van der Waals surface area contributed by atoms with Crippen LogP contribution in [0.4, 0.5) is 4.79 Å². The molecule has 1 aliphatic rings. The lowest BCUT2D eigenvalue weighted by Gasteiger charge is -2.37. The standard InChI is InChI=1S/C10H20N2O2/c1-7(2)11-10(13)12-5-9(4)14-6-8(12)3/h7-9H,5-6H2,1-4H3,(H,11,13). The molecule has 2 unspecified atom stereocenters.